The second-order valence-corrected chi connectivity index (χ2v) is 3.83. The maximum atomic E-state index is 12.0. The van der Waals surface area contributed by atoms with Crippen molar-refractivity contribution in [2.75, 3.05) is 26.8 Å². The van der Waals surface area contributed by atoms with E-state index in [1.165, 1.54) is 6.20 Å². The molecule has 0 spiro atoms. The number of alkyl halides is 3. The molecule has 0 aliphatic rings. The van der Waals surface area contributed by atoms with Crippen LogP contribution in [0, 0.1) is 0 Å². The highest BCUT2D eigenvalue weighted by atomic mass is 19.4. The fourth-order valence-electron chi connectivity index (χ4n) is 1.34. The zero-order chi connectivity index (χ0) is 13.4. The highest BCUT2D eigenvalue weighted by Gasteiger charge is 2.27. The molecule has 1 heterocycles. The number of ether oxygens (including phenoxy) is 1. The summed E-state index contributed by atoms with van der Waals surface area (Å²) < 4.78 is 46.0. The van der Waals surface area contributed by atoms with Gasteiger partial charge in [0, 0.05) is 33.0 Å². The van der Waals surface area contributed by atoms with E-state index in [2.05, 4.69) is 10.3 Å². The van der Waals surface area contributed by atoms with Gasteiger partial charge in [0.2, 0.25) is 0 Å². The number of rotatable bonds is 8. The summed E-state index contributed by atoms with van der Waals surface area (Å²) in [5, 5.41) is 3.10. The van der Waals surface area contributed by atoms with Crippen molar-refractivity contribution in [3.63, 3.8) is 0 Å². The minimum absolute atomic E-state index is 0.159. The summed E-state index contributed by atoms with van der Waals surface area (Å²) >= 11 is 0. The number of methoxy groups -OCH3 is 1. The summed E-state index contributed by atoms with van der Waals surface area (Å²) in [5.41, 5.74) is 0. The van der Waals surface area contributed by atoms with Crippen LogP contribution in [0.1, 0.15) is 18.1 Å². The minimum atomic E-state index is -4.16. The Bertz CT molecular complexity index is 339. The number of nitrogens with zero attached hydrogens (tertiary/aromatic N) is 1. The van der Waals surface area contributed by atoms with Gasteiger partial charge < -0.3 is 14.5 Å². The topological polar surface area (TPSA) is 47.3 Å². The molecule has 0 saturated heterocycles. The number of oxazole rings is 1. The highest BCUT2D eigenvalue weighted by Crippen LogP contribution is 2.22. The zero-order valence-electron chi connectivity index (χ0n) is 10.2. The Hall–Kier alpha value is -1.08. The Balaban J connectivity index is 2.22. The quantitative estimate of drug-likeness (QED) is 0.731. The number of aryl methyl sites for hydroxylation is 1. The second kappa shape index (κ2) is 7.38. The molecule has 0 aromatic carbocycles. The normalized spacial score (nSPS) is 12.0. The number of halogens is 3. The largest absolute Gasteiger partial charge is 0.446 e. The molecule has 0 aliphatic carbocycles. The lowest BCUT2D eigenvalue weighted by molar-refractivity contribution is -0.134. The van der Waals surface area contributed by atoms with Crippen LogP contribution in [0.15, 0.2) is 10.6 Å². The first-order valence-corrected chi connectivity index (χ1v) is 5.71. The summed E-state index contributed by atoms with van der Waals surface area (Å²) in [6.07, 6.45) is -3.29. The molecule has 4 nitrogen and oxygen atoms in total. The molecule has 1 rings (SSSR count). The van der Waals surface area contributed by atoms with E-state index in [-0.39, 0.29) is 12.2 Å². The standard InChI is InChI=1S/C11H17F3N2O2/c1-17-7-6-15-5-3-10-16-8-9(18-10)2-4-11(12,13)14/h8,15H,2-7H2,1H3. The van der Waals surface area contributed by atoms with Crippen molar-refractivity contribution < 1.29 is 22.3 Å². The molecule has 0 atom stereocenters. The molecule has 18 heavy (non-hydrogen) atoms. The smallest absolute Gasteiger partial charge is 0.389 e. The van der Waals surface area contributed by atoms with E-state index in [1.54, 1.807) is 7.11 Å². The van der Waals surface area contributed by atoms with E-state index in [0.717, 1.165) is 6.54 Å². The summed E-state index contributed by atoms with van der Waals surface area (Å²) in [6.45, 7) is 1.99. The van der Waals surface area contributed by atoms with Gasteiger partial charge in [-0.3, -0.25) is 0 Å². The third-order valence-electron chi connectivity index (χ3n) is 2.25. The molecule has 0 bridgehead atoms. The third-order valence-corrected chi connectivity index (χ3v) is 2.25. The molecule has 0 fully saturated rings. The van der Waals surface area contributed by atoms with Gasteiger partial charge in [0.15, 0.2) is 5.89 Å². The number of hydrogen-bond donors (Lipinski definition) is 1. The fourth-order valence-corrected chi connectivity index (χ4v) is 1.34. The van der Waals surface area contributed by atoms with Gasteiger partial charge >= 0.3 is 6.18 Å². The van der Waals surface area contributed by atoms with E-state index < -0.39 is 12.6 Å². The van der Waals surface area contributed by atoms with Crippen molar-refractivity contribution >= 4 is 0 Å². The molecule has 104 valence electrons. The first-order chi connectivity index (χ1) is 8.51. The van der Waals surface area contributed by atoms with Gasteiger partial charge in [0.1, 0.15) is 5.76 Å². The maximum Gasteiger partial charge on any atom is 0.389 e. The van der Waals surface area contributed by atoms with Crippen LogP contribution in [0.5, 0.6) is 0 Å². The van der Waals surface area contributed by atoms with Gasteiger partial charge in [0.25, 0.3) is 0 Å². The Labute approximate surface area is 104 Å². The average Bonchev–Trinajstić information content (AvgIpc) is 2.73. The first-order valence-electron chi connectivity index (χ1n) is 5.71. The molecule has 0 saturated carbocycles. The van der Waals surface area contributed by atoms with Crippen LogP contribution in [0.2, 0.25) is 0 Å². The Morgan fingerprint density at radius 1 is 1.33 bits per heavy atom. The molecule has 0 unspecified atom stereocenters. The van der Waals surface area contributed by atoms with Crippen LogP contribution in [0.4, 0.5) is 13.2 Å². The van der Waals surface area contributed by atoms with Gasteiger partial charge in [-0.1, -0.05) is 0 Å². The van der Waals surface area contributed by atoms with E-state index >= 15 is 0 Å². The molecule has 1 N–H and O–H groups in total. The summed E-state index contributed by atoms with van der Waals surface area (Å²) in [4.78, 5) is 3.93. The van der Waals surface area contributed by atoms with Gasteiger partial charge in [0.05, 0.1) is 19.2 Å². The van der Waals surface area contributed by atoms with E-state index in [9.17, 15) is 13.2 Å². The fraction of sp³-hybridized carbons (Fsp3) is 0.727. The van der Waals surface area contributed by atoms with Crippen molar-refractivity contribution in [2.24, 2.45) is 0 Å². The second-order valence-electron chi connectivity index (χ2n) is 3.83. The molecule has 0 radical (unpaired) electrons. The van der Waals surface area contributed by atoms with Crippen LogP contribution in [0.3, 0.4) is 0 Å². The van der Waals surface area contributed by atoms with E-state index in [4.69, 9.17) is 9.15 Å². The van der Waals surface area contributed by atoms with Crippen molar-refractivity contribution in [3.8, 4) is 0 Å². The first kappa shape index (κ1) is 15.0. The molecule has 7 heteroatoms. The predicted molar refractivity (Wildman–Crippen MR) is 59.3 cm³/mol. The monoisotopic (exact) mass is 266 g/mol. The highest BCUT2D eigenvalue weighted by molar-refractivity contribution is 4.95. The van der Waals surface area contributed by atoms with Gasteiger partial charge in [-0.2, -0.15) is 13.2 Å². The number of aromatic nitrogens is 1. The Morgan fingerprint density at radius 3 is 2.78 bits per heavy atom. The third kappa shape index (κ3) is 6.61. The van der Waals surface area contributed by atoms with Crippen molar-refractivity contribution in [2.45, 2.75) is 25.4 Å². The lowest BCUT2D eigenvalue weighted by Gasteiger charge is -2.03. The summed E-state index contributed by atoms with van der Waals surface area (Å²) in [7, 11) is 1.61. The zero-order valence-corrected chi connectivity index (χ0v) is 10.2. The summed E-state index contributed by atoms with van der Waals surface area (Å²) in [6, 6.07) is 0. The lowest BCUT2D eigenvalue weighted by atomic mass is 10.2. The van der Waals surface area contributed by atoms with Crippen LogP contribution < -0.4 is 5.32 Å². The molecule has 0 aliphatic heterocycles. The summed E-state index contributed by atoms with van der Waals surface area (Å²) in [5.74, 6) is 0.733. The molecule has 0 amide bonds. The van der Waals surface area contributed by atoms with Crippen LogP contribution in [0.25, 0.3) is 0 Å². The van der Waals surface area contributed by atoms with E-state index in [1.807, 2.05) is 0 Å². The van der Waals surface area contributed by atoms with Crippen molar-refractivity contribution in [1.29, 1.82) is 0 Å². The molecular weight excluding hydrogens is 249 g/mol. The lowest BCUT2D eigenvalue weighted by Crippen LogP contribution is -2.21. The van der Waals surface area contributed by atoms with Gasteiger partial charge in [-0.25, -0.2) is 4.98 Å². The van der Waals surface area contributed by atoms with Gasteiger partial charge in [-0.05, 0) is 0 Å². The number of nitrogens with one attached hydrogen (secondary N) is 1. The number of hydrogen-bond acceptors (Lipinski definition) is 4. The predicted octanol–water partition coefficient (Wildman–Crippen LogP) is 1.95. The van der Waals surface area contributed by atoms with Crippen molar-refractivity contribution in [1.82, 2.24) is 10.3 Å². The van der Waals surface area contributed by atoms with Crippen molar-refractivity contribution in [3.05, 3.63) is 17.8 Å². The Kier molecular flexibility index (Phi) is 6.14. The maximum absolute atomic E-state index is 12.0. The minimum Gasteiger partial charge on any atom is -0.446 e. The molecule has 1 aromatic rings. The van der Waals surface area contributed by atoms with Crippen LogP contribution >= 0.6 is 0 Å². The SMILES string of the molecule is COCCNCCc1ncc(CCC(F)(F)F)o1. The average molecular weight is 266 g/mol. The Morgan fingerprint density at radius 2 is 2.11 bits per heavy atom. The van der Waals surface area contributed by atoms with Gasteiger partial charge in [-0.15, -0.1) is 0 Å². The molecule has 1 aromatic heterocycles. The van der Waals surface area contributed by atoms with Crippen LogP contribution in [-0.2, 0) is 17.6 Å². The molecular formula is C11H17F3N2O2. The van der Waals surface area contributed by atoms with E-state index in [0.29, 0.717) is 25.5 Å². The van der Waals surface area contributed by atoms with Crippen LogP contribution in [-0.4, -0.2) is 38.0 Å².